The molecule has 3 amide bonds. The molecule has 5 N–H and O–H groups in total. The monoisotopic (exact) mass is 573 g/mol. The largest absolute Gasteiger partial charge is 0.394 e. The van der Waals surface area contributed by atoms with E-state index < -0.39 is 11.3 Å². The number of anilines is 2. The molecule has 0 saturated carbocycles. The number of benzene rings is 1. The molecule has 0 aromatic heterocycles. The fourth-order valence-electron chi connectivity index (χ4n) is 3.20. The van der Waals surface area contributed by atoms with E-state index in [-0.39, 0.29) is 35.3 Å². The average Bonchev–Trinajstić information content (AvgIpc) is 2.89. The zero-order valence-corrected chi connectivity index (χ0v) is 26.0. The first-order chi connectivity index (χ1) is 18.9. The third-order valence-electron chi connectivity index (χ3n) is 5.50. The quantitative estimate of drug-likeness (QED) is 0.165. The number of nitriles is 1. The molecule has 222 valence electrons. The van der Waals surface area contributed by atoms with Gasteiger partial charge < -0.3 is 26.4 Å². The fraction of sp³-hybridized carbons (Fsp3) is 0.533. The number of nitrogens with one attached hydrogen (secondary N) is 4. The zero-order chi connectivity index (χ0) is 30.7. The molecule has 10 heteroatoms. The second-order valence-corrected chi connectivity index (χ2v) is 11.6. The summed E-state index contributed by atoms with van der Waals surface area (Å²) in [5.41, 5.74) is 1.86. The van der Waals surface area contributed by atoms with Gasteiger partial charge in [0, 0.05) is 40.4 Å². The number of aliphatic hydroxyl groups is 1. The molecule has 40 heavy (non-hydrogen) atoms. The summed E-state index contributed by atoms with van der Waals surface area (Å²) in [5, 5.41) is 29.1. The summed E-state index contributed by atoms with van der Waals surface area (Å²) in [6, 6.07) is 9.00. The fourth-order valence-corrected chi connectivity index (χ4v) is 4.06. The summed E-state index contributed by atoms with van der Waals surface area (Å²) in [7, 11) is 0. The Balaban J connectivity index is 0.000000919. The molecule has 1 aromatic carbocycles. The number of aliphatic hydroxyl groups excluding tert-OH is 1. The Morgan fingerprint density at radius 1 is 1.12 bits per heavy atom. The van der Waals surface area contributed by atoms with Gasteiger partial charge in [-0.15, -0.1) is 0 Å². The van der Waals surface area contributed by atoms with E-state index in [0.29, 0.717) is 18.5 Å². The number of carbonyl (C=O) groups excluding carboxylic acids is 3. The lowest BCUT2D eigenvalue weighted by Crippen LogP contribution is -2.37. The van der Waals surface area contributed by atoms with Crippen LogP contribution in [-0.4, -0.2) is 53.0 Å². The number of hydrogen-bond donors (Lipinski definition) is 5. The van der Waals surface area contributed by atoms with Crippen molar-refractivity contribution in [2.24, 2.45) is 5.41 Å². The predicted molar refractivity (Wildman–Crippen MR) is 166 cm³/mol. The molecule has 0 radical (unpaired) electrons. The van der Waals surface area contributed by atoms with Crippen LogP contribution in [0.3, 0.4) is 0 Å². The van der Waals surface area contributed by atoms with Crippen LogP contribution < -0.4 is 21.3 Å². The van der Waals surface area contributed by atoms with Crippen molar-refractivity contribution in [2.75, 3.05) is 29.5 Å². The van der Waals surface area contributed by atoms with Crippen LogP contribution in [0.25, 0.3) is 0 Å². The summed E-state index contributed by atoms with van der Waals surface area (Å²) in [5.74, 6) is 0.418. The molecule has 0 spiro atoms. The number of nitrogens with zero attached hydrogens (tertiary/aromatic N) is 1. The third kappa shape index (κ3) is 14.2. The van der Waals surface area contributed by atoms with Crippen LogP contribution in [0.1, 0.15) is 68.2 Å². The molecule has 0 bridgehead atoms. The van der Waals surface area contributed by atoms with Crippen molar-refractivity contribution in [1.29, 1.82) is 5.26 Å². The smallest absolute Gasteiger partial charge is 0.261 e. The maximum absolute atomic E-state index is 12.3. The van der Waals surface area contributed by atoms with Crippen LogP contribution in [0.2, 0.25) is 0 Å². The van der Waals surface area contributed by atoms with Crippen molar-refractivity contribution in [3.63, 3.8) is 0 Å². The number of carbonyl (C=O) groups is 3. The highest BCUT2D eigenvalue weighted by molar-refractivity contribution is 8.00. The zero-order valence-electron chi connectivity index (χ0n) is 25.2. The Morgan fingerprint density at radius 2 is 1.77 bits per heavy atom. The predicted octanol–water partition coefficient (Wildman–Crippen LogP) is 4.98. The van der Waals surface area contributed by atoms with E-state index in [1.165, 1.54) is 6.08 Å². The molecule has 2 unspecified atom stereocenters. The van der Waals surface area contributed by atoms with Gasteiger partial charge in [0.05, 0.1) is 12.6 Å². The van der Waals surface area contributed by atoms with Gasteiger partial charge in [-0.1, -0.05) is 53.2 Å². The molecule has 0 fully saturated rings. The van der Waals surface area contributed by atoms with E-state index in [0.717, 1.165) is 23.5 Å². The van der Waals surface area contributed by atoms with Gasteiger partial charge in [0.2, 0.25) is 11.8 Å². The maximum Gasteiger partial charge on any atom is 0.261 e. The molecule has 9 nitrogen and oxygen atoms in total. The molecule has 0 heterocycles. The number of allylic oxidation sites excluding steroid dienone is 1. The Morgan fingerprint density at radius 3 is 2.27 bits per heavy atom. The van der Waals surface area contributed by atoms with E-state index >= 15 is 0 Å². The molecule has 2 atom stereocenters. The molecule has 0 aliphatic carbocycles. The average molecular weight is 574 g/mol. The van der Waals surface area contributed by atoms with E-state index in [4.69, 9.17) is 10.4 Å². The first kappa shape index (κ1) is 36.7. The number of likely N-dealkylation sites (N-methyl/N-ethyl adjacent to an activating group) is 1. The van der Waals surface area contributed by atoms with E-state index in [9.17, 15) is 14.4 Å². The summed E-state index contributed by atoms with van der Waals surface area (Å²) >= 11 is 1.72. The molecule has 1 aromatic rings. The van der Waals surface area contributed by atoms with E-state index in [1.807, 2.05) is 65.8 Å². The van der Waals surface area contributed by atoms with Crippen LogP contribution in [0.4, 0.5) is 11.4 Å². The molecule has 0 aliphatic rings. The Hall–Kier alpha value is -3.29. The summed E-state index contributed by atoms with van der Waals surface area (Å²) in [6.45, 7) is 15.7. The minimum atomic E-state index is -0.457. The topological polar surface area (TPSA) is 143 Å². The molecule has 0 aliphatic heterocycles. The molecule has 0 saturated heterocycles. The Bertz CT molecular complexity index is 1060. The van der Waals surface area contributed by atoms with Gasteiger partial charge in [0.15, 0.2) is 0 Å². The molecular weight excluding hydrogens is 526 g/mol. The van der Waals surface area contributed by atoms with Gasteiger partial charge in [-0.2, -0.15) is 17.0 Å². The number of amides is 3. The SMILES string of the molecule is C/C=C(\C#N)C(=O)NC(CO)CCC.CCNC(=O)C(=CNc1cccc(NC(=O)C(C)(C)C)c1)C(C)SCC. The first-order valence-corrected chi connectivity index (χ1v) is 14.7. The van der Waals surface area contributed by atoms with Crippen LogP contribution in [0.5, 0.6) is 0 Å². The summed E-state index contributed by atoms with van der Waals surface area (Å²) in [4.78, 5) is 35.8. The van der Waals surface area contributed by atoms with E-state index in [2.05, 4.69) is 28.2 Å². The number of hydrogen-bond acceptors (Lipinski definition) is 7. The minimum absolute atomic E-state index is 0.0406. The van der Waals surface area contributed by atoms with Crippen molar-refractivity contribution in [3.05, 3.63) is 47.7 Å². The van der Waals surface area contributed by atoms with Crippen molar-refractivity contribution in [3.8, 4) is 6.07 Å². The Kier molecular flexibility index (Phi) is 18.1. The minimum Gasteiger partial charge on any atom is -0.394 e. The molecular formula is C30H47N5O4S. The lowest BCUT2D eigenvalue weighted by atomic mass is 9.95. The highest BCUT2D eigenvalue weighted by Crippen LogP contribution is 2.22. The van der Waals surface area contributed by atoms with Crippen molar-refractivity contribution >= 4 is 40.9 Å². The van der Waals surface area contributed by atoms with Gasteiger partial charge in [0.25, 0.3) is 5.91 Å². The second-order valence-electron chi connectivity index (χ2n) is 9.94. The number of thioether (sulfide) groups is 1. The highest BCUT2D eigenvalue weighted by atomic mass is 32.2. The lowest BCUT2D eigenvalue weighted by molar-refractivity contribution is -0.123. The van der Waals surface area contributed by atoms with Gasteiger partial charge in [-0.05, 0) is 51.1 Å². The summed E-state index contributed by atoms with van der Waals surface area (Å²) in [6.07, 6.45) is 4.80. The van der Waals surface area contributed by atoms with Gasteiger partial charge in [0.1, 0.15) is 11.6 Å². The van der Waals surface area contributed by atoms with E-state index in [1.54, 1.807) is 31.0 Å². The third-order valence-corrected chi connectivity index (χ3v) is 6.58. The van der Waals surface area contributed by atoms with Gasteiger partial charge in [-0.3, -0.25) is 14.4 Å². The Labute approximate surface area is 244 Å². The van der Waals surface area contributed by atoms with Crippen LogP contribution in [0.15, 0.2) is 47.7 Å². The number of rotatable bonds is 13. The molecule has 1 rings (SSSR count). The van der Waals surface area contributed by atoms with Crippen molar-refractivity contribution in [1.82, 2.24) is 10.6 Å². The first-order valence-electron chi connectivity index (χ1n) is 13.6. The van der Waals surface area contributed by atoms with Crippen LogP contribution >= 0.6 is 11.8 Å². The van der Waals surface area contributed by atoms with Crippen LogP contribution in [0, 0.1) is 16.7 Å². The van der Waals surface area contributed by atoms with Gasteiger partial charge >= 0.3 is 0 Å². The maximum atomic E-state index is 12.3. The van der Waals surface area contributed by atoms with Gasteiger partial charge in [-0.25, -0.2) is 0 Å². The second kappa shape index (κ2) is 19.7. The lowest BCUT2D eigenvalue weighted by Gasteiger charge is -2.18. The normalized spacial score (nSPS) is 13.1. The van der Waals surface area contributed by atoms with Crippen molar-refractivity contribution in [2.45, 2.75) is 79.5 Å². The highest BCUT2D eigenvalue weighted by Gasteiger charge is 2.21. The summed E-state index contributed by atoms with van der Waals surface area (Å²) < 4.78 is 0. The standard InChI is InChI=1S/C20H31N3O2S.C10H16N2O2/c1-7-21-18(24)17(14(3)26-8-2)13-22-15-10-9-11-16(12-15)23-19(25)20(4,5)6;1-3-5-9(7-13)12-10(14)8(4-2)6-11/h9-14,22H,7-8H2,1-6H3,(H,21,24)(H,23,25);4,9,13H,3,5,7H2,1-2H3,(H,12,14)/b;8-4+. The van der Waals surface area contributed by atoms with Crippen LogP contribution in [-0.2, 0) is 14.4 Å². The van der Waals surface area contributed by atoms with Crippen molar-refractivity contribution < 1.29 is 19.5 Å².